The number of aliphatic hydroxyl groups excluding tert-OH is 8. The van der Waals surface area contributed by atoms with Crippen LogP contribution in [0.3, 0.4) is 0 Å². The van der Waals surface area contributed by atoms with Crippen LogP contribution < -0.4 is 0 Å². The lowest BCUT2D eigenvalue weighted by Crippen LogP contribution is -2.64. The molecule has 0 spiro atoms. The minimum atomic E-state index is -1.74. The summed E-state index contributed by atoms with van der Waals surface area (Å²) in [4.78, 5) is 0. The second-order valence-electron chi connectivity index (χ2n) is 5.53. The molecule has 10 atom stereocenters. The van der Waals surface area contributed by atoms with Crippen LogP contribution in [-0.4, -0.2) is 115 Å². The van der Waals surface area contributed by atoms with Crippen molar-refractivity contribution in [3.63, 3.8) is 0 Å². The zero-order chi connectivity index (χ0) is 17.3. The molecule has 0 aromatic carbocycles. The molecule has 0 aromatic rings. The lowest BCUT2D eigenvalue weighted by Gasteiger charge is -2.45. The molecular formula is C12H22O11. The standard InChI is InChI=1S/C12H22O11/c13-1-3-5(15)6(16)9(19)12(22-3)23-10-4(2-14)21-11(20)8(18)7(10)17/h3-20H,1-2H2/t3-,4-,5+,6+,7-,8+,9-,10?,11+,12+/m1/s1. The van der Waals surface area contributed by atoms with Crippen molar-refractivity contribution in [2.24, 2.45) is 0 Å². The van der Waals surface area contributed by atoms with Gasteiger partial charge in [-0.15, -0.1) is 0 Å². The summed E-state index contributed by atoms with van der Waals surface area (Å²) in [5, 5.41) is 76.5. The summed E-state index contributed by atoms with van der Waals surface area (Å²) in [5.41, 5.74) is 0. The topological polar surface area (TPSA) is 190 Å². The second-order valence-corrected chi connectivity index (χ2v) is 5.53. The van der Waals surface area contributed by atoms with Crippen LogP contribution in [-0.2, 0) is 14.2 Å². The Morgan fingerprint density at radius 2 is 1.26 bits per heavy atom. The van der Waals surface area contributed by atoms with E-state index in [-0.39, 0.29) is 0 Å². The van der Waals surface area contributed by atoms with E-state index in [0.29, 0.717) is 0 Å². The zero-order valence-corrected chi connectivity index (χ0v) is 12.0. The minimum Gasteiger partial charge on any atom is -0.394 e. The quantitative estimate of drug-likeness (QED) is 0.243. The van der Waals surface area contributed by atoms with Gasteiger partial charge in [-0.25, -0.2) is 0 Å². The highest BCUT2D eigenvalue weighted by atomic mass is 16.7. The summed E-state index contributed by atoms with van der Waals surface area (Å²) in [7, 11) is 0. The molecule has 0 amide bonds. The maximum absolute atomic E-state index is 9.94. The first-order chi connectivity index (χ1) is 10.8. The highest BCUT2D eigenvalue weighted by Crippen LogP contribution is 2.28. The Morgan fingerprint density at radius 3 is 1.83 bits per heavy atom. The molecular weight excluding hydrogens is 320 g/mol. The van der Waals surface area contributed by atoms with Gasteiger partial charge in [-0.2, -0.15) is 0 Å². The summed E-state index contributed by atoms with van der Waals surface area (Å²) in [5.74, 6) is 0. The van der Waals surface area contributed by atoms with Crippen molar-refractivity contribution in [3.05, 3.63) is 0 Å². The van der Waals surface area contributed by atoms with Crippen molar-refractivity contribution in [2.45, 2.75) is 61.4 Å². The molecule has 0 aliphatic carbocycles. The van der Waals surface area contributed by atoms with E-state index < -0.39 is 74.6 Å². The second kappa shape index (κ2) is 7.63. The molecule has 2 aliphatic rings. The number of hydrogen-bond acceptors (Lipinski definition) is 11. The highest BCUT2D eigenvalue weighted by molar-refractivity contribution is 4.93. The maximum Gasteiger partial charge on any atom is 0.187 e. The van der Waals surface area contributed by atoms with Gasteiger partial charge < -0.3 is 55.1 Å². The molecule has 2 aliphatic heterocycles. The van der Waals surface area contributed by atoms with Gasteiger partial charge in [0.1, 0.15) is 48.8 Å². The average molecular weight is 342 g/mol. The molecule has 0 bridgehead atoms. The summed E-state index contributed by atoms with van der Waals surface area (Å²) in [6.45, 7) is -1.35. The molecule has 23 heavy (non-hydrogen) atoms. The van der Waals surface area contributed by atoms with Gasteiger partial charge in [-0.1, -0.05) is 0 Å². The Bertz CT molecular complexity index is 378. The van der Waals surface area contributed by atoms with Gasteiger partial charge in [0, 0.05) is 0 Å². The first-order valence-electron chi connectivity index (χ1n) is 7.08. The molecule has 1 unspecified atom stereocenters. The number of rotatable bonds is 4. The van der Waals surface area contributed by atoms with E-state index in [4.69, 9.17) is 19.3 Å². The Morgan fingerprint density at radius 1 is 0.652 bits per heavy atom. The Hall–Kier alpha value is -0.440. The molecule has 0 aromatic heterocycles. The Balaban J connectivity index is 2.11. The van der Waals surface area contributed by atoms with Gasteiger partial charge in [0.05, 0.1) is 13.2 Å². The van der Waals surface area contributed by atoms with Crippen LogP contribution >= 0.6 is 0 Å². The van der Waals surface area contributed by atoms with E-state index in [0.717, 1.165) is 0 Å². The van der Waals surface area contributed by atoms with Gasteiger partial charge in [0.25, 0.3) is 0 Å². The molecule has 11 heteroatoms. The first kappa shape index (κ1) is 18.9. The predicted octanol–water partition coefficient (Wildman–Crippen LogP) is -5.40. The predicted molar refractivity (Wildman–Crippen MR) is 68.6 cm³/mol. The van der Waals surface area contributed by atoms with E-state index >= 15 is 0 Å². The van der Waals surface area contributed by atoms with Crippen molar-refractivity contribution in [2.75, 3.05) is 13.2 Å². The summed E-state index contributed by atoms with van der Waals surface area (Å²) < 4.78 is 15.3. The number of aliphatic hydroxyl groups is 8. The first-order valence-corrected chi connectivity index (χ1v) is 7.08. The zero-order valence-electron chi connectivity index (χ0n) is 12.0. The van der Waals surface area contributed by atoms with Crippen molar-refractivity contribution < 1.29 is 55.1 Å². The maximum atomic E-state index is 9.94. The SMILES string of the molecule is OC[C@H]1O[C@H](O)[C@@H](O)[C@@H](O)C1O[C@@H]1O[C@H](CO)[C@H](O)[C@H](O)[C@H]1O. The molecule has 8 N–H and O–H groups in total. The molecule has 136 valence electrons. The van der Waals surface area contributed by atoms with E-state index in [1.165, 1.54) is 0 Å². The average Bonchev–Trinajstić information content (AvgIpc) is 2.55. The molecule has 2 heterocycles. The third-order valence-corrected chi connectivity index (χ3v) is 3.98. The third kappa shape index (κ3) is 3.65. The molecule has 2 fully saturated rings. The summed E-state index contributed by atoms with van der Waals surface area (Å²) >= 11 is 0. The Labute approximate surface area is 130 Å². The van der Waals surface area contributed by atoms with Gasteiger partial charge in [0.15, 0.2) is 12.6 Å². The highest BCUT2D eigenvalue weighted by Gasteiger charge is 2.50. The van der Waals surface area contributed by atoms with Crippen LogP contribution in [0.1, 0.15) is 0 Å². The fourth-order valence-electron chi connectivity index (χ4n) is 2.57. The number of ether oxygens (including phenoxy) is 3. The van der Waals surface area contributed by atoms with E-state index in [9.17, 15) is 35.7 Å². The summed E-state index contributed by atoms with van der Waals surface area (Å²) in [6, 6.07) is 0. The molecule has 2 rings (SSSR count). The van der Waals surface area contributed by atoms with Crippen molar-refractivity contribution in [1.82, 2.24) is 0 Å². The van der Waals surface area contributed by atoms with Gasteiger partial charge in [-0.05, 0) is 0 Å². The van der Waals surface area contributed by atoms with E-state index in [1.807, 2.05) is 0 Å². The Kier molecular flexibility index (Phi) is 6.27. The van der Waals surface area contributed by atoms with Crippen LogP contribution in [0.2, 0.25) is 0 Å². The lowest BCUT2D eigenvalue weighted by molar-refractivity contribution is -0.355. The van der Waals surface area contributed by atoms with Crippen molar-refractivity contribution >= 4 is 0 Å². The largest absolute Gasteiger partial charge is 0.394 e. The number of hydrogen-bond donors (Lipinski definition) is 8. The fraction of sp³-hybridized carbons (Fsp3) is 1.00. The summed E-state index contributed by atoms with van der Waals surface area (Å²) in [6.07, 6.45) is -15.6. The minimum absolute atomic E-state index is 0.667. The molecule has 0 radical (unpaired) electrons. The van der Waals surface area contributed by atoms with E-state index in [2.05, 4.69) is 0 Å². The molecule has 0 saturated carbocycles. The smallest absolute Gasteiger partial charge is 0.187 e. The van der Waals surface area contributed by atoms with Crippen LogP contribution in [0, 0.1) is 0 Å². The van der Waals surface area contributed by atoms with Crippen molar-refractivity contribution in [3.8, 4) is 0 Å². The monoisotopic (exact) mass is 342 g/mol. The van der Waals surface area contributed by atoms with Gasteiger partial charge >= 0.3 is 0 Å². The van der Waals surface area contributed by atoms with Crippen LogP contribution in [0.25, 0.3) is 0 Å². The van der Waals surface area contributed by atoms with Gasteiger partial charge in [-0.3, -0.25) is 0 Å². The third-order valence-electron chi connectivity index (χ3n) is 3.98. The molecule has 2 saturated heterocycles. The van der Waals surface area contributed by atoms with Gasteiger partial charge in [0.2, 0.25) is 0 Å². The van der Waals surface area contributed by atoms with E-state index in [1.54, 1.807) is 0 Å². The van der Waals surface area contributed by atoms with Crippen LogP contribution in [0.4, 0.5) is 0 Å². The normalized spacial score (nSPS) is 51.7. The molecule has 11 nitrogen and oxygen atoms in total. The van der Waals surface area contributed by atoms with Crippen LogP contribution in [0.15, 0.2) is 0 Å². The van der Waals surface area contributed by atoms with Crippen molar-refractivity contribution in [1.29, 1.82) is 0 Å². The lowest BCUT2D eigenvalue weighted by atomic mass is 9.97. The fourth-order valence-corrected chi connectivity index (χ4v) is 2.57. The van der Waals surface area contributed by atoms with Crippen LogP contribution in [0.5, 0.6) is 0 Å².